The van der Waals surface area contributed by atoms with Gasteiger partial charge in [-0.05, 0) is 24.6 Å². The largest absolute Gasteiger partial charge is 0.449 e. The second-order valence-electron chi connectivity index (χ2n) is 6.65. The van der Waals surface area contributed by atoms with Crippen LogP contribution >= 0.6 is 0 Å². The molecule has 11 heteroatoms. The molecule has 0 radical (unpaired) electrons. The molecule has 2 aromatic heterocycles. The van der Waals surface area contributed by atoms with Crippen LogP contribution in [0.4, 0.5) is 24.5 Å². The summed E-state index contributed by atoms with van der Waals surface area (Å²) in [5.41, 5.74) is 0.195. The van der Waals surface area contributed by atoms with Crippen LogP contribution in [-0.4, -0.2) is 32.7 Å². The number of anilines is 2. The van der Waals surface area contributed by atoms with Crippen LogP contribution in [0, 0.1) is 0 Å². The molecule has 8 nitrogen and oxygen atoms in total. The maximum Gasteiger partial charge on any atom is 0.449 e. The minimum atomic E-state index is -4.70. The quantitative estimate of drug-likeness (QED) is 0.636. The Kier molecular flexibility index (Phi) is 4.72. The Morgan fingerprint density at radius 2 is 1.87 bits per heavy atom. The molecular weight excluding hydrogens is 403 g/mol. The summed E-state index contributed by atoms with van der Waals surface area (Å²) in [5, 5.41) is 2.54. The Labute approximate surface area is 167 Å². The number of pyridine rings is 1. The second-order valence-corrected chi connectivity index (χ2v) is 6.65. The van der Waals surface area contributed by atoms with E-state index in [1.165, 1.54) is 12.1 Å². The average molecular weight is 417 g/mol. The molecular formula is C19H14F3N5O3. The molecule has 30 heavy (non-hydrogen) atoms. The van der Waals surface area contributed by atoms with E-state index in [9.17, 15) is 27.6 Å². The highest BCUT2D eigenvalue weighted by molar-refractivity contribution is 6.17. The van der Waals surface area contributed by atoms with Crippen molar-refractivity contribution in [2.45, 2.75) is 25.4 Å². The lowest BCUT2D eigenvalue weighted by Crippen LogP contribution is -2.40. The van der Waals surface area contributed by atoms with Crippen LogP contribution in [0.3, 0.4) is 0 Å². The van der Waals surface area contributed by atoms with Crippen molar-refractivity contribution in [1.82, 2.24) is 15.0 Å². The molecule has 1 fully saturated rings. The lowest BCUT2D eigenvalue weighted by Gasteiger charge is -2.25. The van der Waals surface area contributed by atoms with Gasteiger partial charge in [-0.15, -0.1) is 0 Å². The summed E-state index contributed by atoms with van der Waals surface area (Å²) in [5.74, 6) is -2.63. The topological polar surface area (TPSA) is 108 Å². The van der Waals surface area contributed by atoms with E-state index in [4.69, 9.17) is 0 Å². The number of hydrogen-bond acceptors (Lipinski definition) is 5. The first kappa shape index (κ1) is 19.6. The first-order chi connectivity index (χ1) is 14.2. The molecule has 1 saturated heterocycles. The number of halogens is 3. The third-order valence-electron chi connectivity index (χ3n) is 4.55. The van der Waals surface area contributed by atoms with Gasteiger partial charge in [-0.25, -0.2) is 4.98 Å². The van der Waals surface area contributed by atoms with Crippen LogP contribution in [0.2, 0.25) is 0 Å². The van der Waals surface area contributed by atoms with Gasteiger partial charge in [0.2, 0.25) is 17.6 Å². The van der Waals surface area contributed by atoms with Crippen LogP contribution in [-0.2, 0) is 15.8 Å². The number of carbonyl (C=O) groups is 3. The highest BCUT2D eigenvalue weighted by Gasteiger charge is 2.35. The normalized spacial score (nSPS) is 15.0. The van der Waals surface area contributed by atoms with Crippen molar-refractivity contribution in [1.29, 1.82) is 0 Å². The predicted octanol–water partition coefficient (Wildman–Crippen LogP) is 3.27. The Bertz CT molecular complexity index is 1160. The first-order valence-electron chi connectivity index (χ1n) is 8.92. The Morgan fingerprint density at radius 1 is 1.13 bits per heavy atom. The van der Waals surface area contributed by atoms with Crippen molar-refractivity contribution in [2.75, 3.05) is 10.2 Å². The van der Waals surface area contributed by atoms with E-state index >= 15 is 0 Å². The van der Waals surface area contributed by atoms with Crippen molar-refractivity contribution in [2.24, 2.45) is 0 Å². The van der Waals surface area contributed by atoms with Gasteiger partial charge in [-0.2, -0.15) is 13.2 Å². The molecule has 0 saturated carbocycles. The SMILES string of the molecule is O=C(Nc1cccc(N2C(=O)CCCC2=O)c1)c1cncc2[nH]c(C(F)(F)F)nc12. The zero-order valence-corrected chi connectivity index (χ0v) is 15.3. The Hall–Kier alpha value is -3.76. The molecule has 0 unspecified atom stereocenters. The number of aromatic amines is 1. The highest BCUT2D eigenvalue weighted by Crippen LogP contribution is 2.30. The van der Waals surface area contributed by atoms with E-state index in [-0.39, 0.29) is 46.9 Å². The molecule has 154 valence electrons. The van der Waals surface area contributed by atoms with Crippen molar-refractivity contribution in [3.8, 4) is 0 Å². The molecule has 3 aromatic rings. The van der Waals surface area contributed by atoms with Crippen molar-refractivity contribution in [3.63, 3.8) is 0 Å². The van der Waals surface area contributed by atoms with Gasteiger partial charge >= 0.3 is 6.18 Å². The van der Waals surface area contributed by atoms with E-state index < -0.39 is 17.9 Å². The van der Waals surface area contributed by atoms with Gasteiger partial charge in [-0.3, -0.25) is 24.3 Å². The number of rotatable bonds is 3. The Morgan fingerprint density at radius 3 is 2.57 bits per heavy atom. The standard InChI is InChI=1S/C19H14F3N5O3/c20-19(21,22)18-25-13-9-23-8-12(16(13)26-18)17(30)24-10-3-1-4-11(7-10)27-14(28)5-2-6-15(27)29/h1,3-4,7-9H,2,5-6H2,(H,24,30)(H,25,26). The maximum atomic E-state index is 12.9. The fourth-order valence-corrected chi connectivity index (χ4v) is 3.20. The van der Waals surface area contributed by atoms with Gasteiger partial charge in [0.15, 0.2) is 0 Å². The summed E-state index contributed by atoms with van der Waals surface area (Å²) in [4.78, 5) is 47.3. The number of piperidine rings is 1. The van der Waals surface area contributed by atoms with Gasteiger partial charge in [0.25, 0.3) is 5.91 Å². The molecule has 1 aliphatic heterocycles. The van der Waals surface area contributed by atoms with Gasteiger partial charge < -0.3 is 10.3 Å². The molecule has 4 rings (SSSR count). The zero-order valence-electron chi connectivity index (χ0n) is 15.3. The number of fused-ring (bicyclic) bond motifs is 1. The average Bonchev–Trinajstić information content (AvgIpc) is 3.13. The van der Waals surface area contributed by atoms with Crippen LogP contribution in [0.5, 0.6) is 0 Å². The predicted molar refractivity (Wildman–Crippen MR) is 99.6 cm³/mol. The number of nitrogens with one attached hydrogen (secondary N) is 2. The zero-order chi connectivity index (χ0) is 21.5. The van der Waals surface area contributed by atoms with E-state index in [1.807, 2.05) is 0 Å². The van der Waals surface area contributed by atoms with E-state index in [0.29, 0.717) is 12.1 Å². The molecule has 2 N–H and O–H groups in total. The summed E-state index contributed by atoms with van der Waals surface area (Å²) >= 11 is 0. The molecule has 3 heterocycles. The van der Waals surface area contributed by atoms with Crippen molar-refractivity contribution < 1.29 is 27.6 Å². The first-order valence-corrected chi connectivity index (χ1v) is 8.92. The minimum absolute atomic E-state index is 0.0340. The number of imide groups is 1. The molecule has 0 spiro atoms. The van der Waals surface area contributed by atoms with Crippen molar-refractivity contribution >= 4 is 40.1 Å². The number of H-pyrrole nitrogens is 1. The lowest BCUT2D eigenvalue weighted by atomic mass is 10.1. The van der Waals surface area contributed by atoms with E-state index in [1.54, 1.807) is 12.1 Å². The number of imidazole rings is 1. The summed E-state index contributed by atoms with van der Waals surface area (Å²) in [7, 11) is 0. The molecule has 1 aromatic carbocycles. The summed E-state index contributed by atoms with van der Waals surface area (Å²) in [6.07, 6.45) is -1.46. The minimum Gasteiger partial charge on any atom is -0.333 e. The third-order valence-corrected chi connectivity index (χ3v) is 4.55. The summed E-state index contributed by atoms with van der Waals surface area (Å²) < 4.78 is 38.7. The maximum absolute atomic E-state index is 12.9. The van der Waals surface area contributed by atoms with E-state index in [0.717, 1.165) is 17.3 Å². The molecule has 0 bridgehead atoms. The van der Waals surface area contributed by atoms with Gasteiger partial charge in [0.05, 0.1) is 23.0 Å². The Balaban J connectivity index is 1.63. The fourth-order valence-electron chi connectivity index (χ4n) is 3.20. The smallest absolute Gasteiger partial charge is 0.333 e. The number of nitrogens with zero attached hydrogens (tertiary/aromatic N) is 3. The third kappa shape index (κ3) is 3.61. The second kappa shape index (κ2) is 7.25. The van der Waals surface area contributed by atoms with Gasteiger partial charge in [-0.1, -0.05) is 6.07 Å². The van der Waals surface area contributed by atoms with Crippen LogP contribution in [0.15, 0.2) is 36.7 Å². The van der Waals surface area contributed by atoms with Crippen molar-refractivity contribution in [3.05, 3.63) is 48.0 Å². The van der Waals surface area contributed by atoms with Crippen LogP contribution < -0.4 is 10.2 Å². The number of hydrogen-bond donors (Lipinski definition) is 2. The number of aromatic nitrogens is 3. The molecule has 0 aliphatic carbocycles. The number of amides is 3. The summed E-state index contributed by atoms with van der Waals surface area (Å²) in [6.45, 7) is 0. The fraction of sp³-hybridized carbons (Fsp3) is 0.211. The molecule has 1 aliphatic rings. The van der Waals surface area contributed by atoms with Crippen LogP contribution in [0.25, 0.3) is 11.0 Å². The number of carbonyl (C=O) groups excluding carboxylic acids is 3. The number of benzene rings is 1. The molecule has 0 atom stereocenters. The van der Waals surface area contributed by atoms with Gasteiger partial charge in [0.1, 0.15) is 5.52 Å². The highest BCUT2D eigenvalue weighted by atomic mass is 19.4. The summed E-state index contributed by atoms with van der Waals surface area (Å²) in [6, 6.07) is 6.08. The van der Waals surface area contributed by atoms with E-state index in [2.05, 4.69) is 20.3 Å². The molecule has 3 amide bonds. The monoisotopic (exact) mass is 417 g/mol. The number of alkyl halides is 3. The van der Waals surface area contributed by atoms with Gasteiger partial charge in [0, 0.05) is 24.7 Å². The lowest BCUT2D eigenvalue weighted by molar-refractivity contribution is -0.144. The van der Waals surface area contributed by atoms with Crippen LogP contribution in [0.1, 0.15) is 35.4 Å².